The summed E-state index contributed by atoms with van der Waals surface area (Å²) in [5, 5.41) is 8.67. The van der Waals surface area contributed by atoms with Crippen LogP contribution in [0.5, 0.6) is 0 Å². The van der Waals surface area contributed by atoms with Crippen molar-refractivity contribution in [1.82, 2.24) is 0 Å². The van der Waals surface area contributed by atoms with Gasteiger partial charge in [0.05, 0.1) is 16.5 Å². The lowest BCUT2D eigenvalue weighted by atomic mass is 10.2. The summed E-state index contributed by atoms with van der Waals surface area (Å²) in [6.45, 7) is 0. The van der Waals surface area contributed by atoms with Gasteiger partial charge in [-0.1, -0.05) is 6.07 Å². The first-order valence-corrected chi connectivity index (χ1v) is 6.88. The summed E-state index contributed by atoms with van der Waals surface area (Å²) in [6.07, 6.45) is 0. The lowest BCUT2D eigenvalue weighted by Crippen LogP contribution is -2.13. The first-order chi connectivity index (χ1) is 9.01. The second kappa shape index (κ2) is 5.00. The molecule has 5 nitrogen and oxygen atoms in total. The number of nitriles is 1. The maximum Gasteiger partial charge on any atom is 0.261 e. The summed E-state index contributed by atoms with van der Waals surface area (Å²) in [4.78, 5) is 0.0943. The molecule has 2 rings (SSSR count). The van der Waals surface area contributed by atoms with Gasteiger partial charge in [0.25, 0.3) is 10.0 Å². The minimum atomic E-state index is -3.67. The molecule has 0 saturated carbocycles. The lowest BCUT2D eigenvalue weighted by molar-refractivity contribution is 0.601. The van der Waals surface area contributed by atoms with Gasteiger partial charge < -0.3 is 5.73 Å². The first-order valence-electron chi connectivity index (χ1n) is 5.40. The van der Waals surface area contributed by atoms with Crippen molar-refractivity contribution >= 4 is 21.4 Å². The van der Waals surface area contributed by atoms with E-state index in [9.17, 15) is 8.42 Å². The molecule has 6 heteroatoms. The fraction of sp³-hybridized carbons (Fsp3) is 0. The molecule has 0 spiro atoms. The summed E-state index contributed by atoms with van der Waals surface area (Å²) in [6, 6.07) is 14.1. The van der Waals surface area contributed by atoms with E-state index in [1.165, 1.54) is 36.4 Å². The molecule has 0 heterocycles. The highest BCUT2D eigenvalue weighted by Crippen LogP contribution is 2.18. The van der Waals surface area contributed by atoms with E-state index < -0.39 is 10.0 Å². The maximum atomic E-state index is 12.1. The molecular weight excluding hydrogens is 262 g/mol. The maximum absolute atomic E-state index is 12.1. The largest absolute Gasteiger partial charge is 0.399 e. The van der Waals surface area contributed by atoms with Gasteiger partial charge in [0, 0.05) is 11.4 Å². The topological polar surface area (TPSA) is 96.0 Å². The summed E-state index contributed by atoms with van der Waals surface area (Å²) in [5.41, 5.74) is 6.79. The number of nitrogens with two attached hydrogens (primary N) is 1. The number of nitrogen functional groups attached to an aromatic ring is 1. The van der Waals surface area contributed by atoms with Crippen LogP contribution in [0.2, 0.25) is 0 Å². The van der Waals surface area contributed by atoms with Crippen LogP contribution in [0.25, 0.3) is 0 Å². The van der Waals surface area contributed by atoms with Gasteiger partial charge in [0.1, 0.15) is 0 Å². The molecule has 0 aliphatic heterocycles. The molecule has 0 aliphatic rings. The molecule has 2 aromatic rings. The van der Waals surface area contributed by atoms with Crippen molar-refractivity contribution in [1.29, 1.82) is 5.26 Å². The molecule has 0 amide bonds. The molecule has 0 aromatic heterocycles. The molecule has 96 valence electrons. The van der Waals surface area contributed by atoms with E-state index in [1.807, 2.05) is 6.07 Å². The van der Waals surface area contributed by atoms with Crippen molar-refractivity contribution < 1.29 is 8.42 Å². The zero-order valence-corrected chi connectivity index (χ0v) is 10.7. The predicted molar refractivity (Wildman–Crippen MR) is 72.8 cm³/mol. The van der Waals surface area contributed by atoms with E-state index in [0.717, 1.165) is 0 Å². The van der Waals surface area contributed by atoms with Gasteiger partial charge in [0.2, 0.25) is 0 Å². The fourth-order valence-corrected chi connectivity index (χ4v) is 2.62. The molecule has 3 N–H and O–H groups in total. The van der Waals surface area contributed by atoms with Crippen molar-refractivity contribution in [2.24, 2.45) is 0 Å². The van der Waals surface area contributed by atoms with Crippen molar-refractivity contribution in [2.45, 2.75) is 4.90 Å². The number of anilines is 2. The molecule has 0 fully saturated rings. The zero-order valence-electron chi connectivity index (χ0n) is 9.87. The van der Waals surface area contributed by atoms with Crippen molar-refractivity contribution in [3.05, 3.63) is 54.1 Å². The third-order valence-electron chi connectivity index (χ3n) is 2.43. The highest BCUT2D eigenvalue weighted by Gasteiger charge is 2.14. The third-order valence-corrected chi connectivity index (χ3v) is 3.81. The molecular formula is C13H11N3O2S. The number of hydrogen-bond acceptors (Lipinski definition) is 4. The fourth-order valence-electron chi connectivity index (χ4n) is 1.51. The normalized spacial score (nSPS) is 10.7. The Hall–Kier alpha value is -2.52. The van der Waals surface area contributed by atoms with Gasteiger partial charge in [-0.2, -0.15) is 5.26 Å². The number of benzene rings is 2. The molecule has 0 saturated heterocycles. The van der Waals surface area contributed by atoms with Crippen LogP contribution in [-0.2, 0) is 10.0 Å². The second-order valence-electron chi connectivity index (χ2n) is 3.87. The molecule has 0 atom stereocenters. The predicted octanol–water partition coefficient (Wildman–Crippen LogP) is 1.94. The highest BCUT2D eigenvalue weighted by atomic mass is 32.2. The molecule has 19 heavy (non-hydrogen) atoms. The van der Waals surface area contributed by atoms with Gasteiger partial charge in [-0.05, 0) is 42.5 Å². The van der Waals surface area contributed by atoms with Gasteiger partial charge >= 0.3 is 0 Å². The van der Waals surface area contributed by atoms with E-state index in [2.05, 4.69) is 4.72 Å². The van der Waals surface area contributed by atoms with E-state index in [-0.39, 0.29) is 4.90 Å². The Bertz CT molecular complexity index is 731. The highest BCUT2D eigenvalue weighted by molar-refractivity contribution is 7.92. The lowest BCUT2D eigenvalue weighted by Gasteiger charge is -2.08. The quantitative estimate of drug-likeness (QED) is 0.835. The van der Waals surface area contributed by atoms with Gasteiger partial charge in [-0.25, -0.2) is 8.42 Å². The van der Waals surface area contributed by atoms with Crippen LogP contribution < -0.4 is 10.5 Å². The Morgan fingerprint density at radius 3 is 2.37 bits per heavy atom. The number of nitrogens with zero attached hydrogens (tertiary/aromatic N) is 1. The monoisotopic (exact) mass is 273 g/mol. The average Bonchev–Trinajstić information content (AvgIpc) is 2.39. The smallest absolute Gasteiger partial charge is 0.261 e. The van der Waals surface area contributed by atoms with Gasteiger partial charge in [-0.3, -0.25) is 4.72 Å². The van der Waals surface area contributed by atoms with E-state index in [0.29, 0.717) is 16.9 Å². The number of sulfonamides is 1. The molecule has 0 unspecified atom stereocenters. The molecule has 2 aromatic carbocycles. The summed E-state index contributed by atoms with van der Waals surface area (Å²) < 4.78 is 26.6. The minimum Gasteiger partial charge on any atom is -0.399 e. The van der Waals surface area contributed by atoms with Crippen LogP contribution in [0.1, 0.15) is 5.56 Å². The Kier molecular flexibility index (Phi) is 3.40. The molecule has 0 bridgehead atoms. The summed E-state index contributed by atoms with van der Waals surface area (Å²) >= 11 is 0. The average molecular weight is 273 g/mol. The molecule has 0 aliphatic carbocycles. The van der Waals surface area contributed by atoms with Crippen LogP contribution >= 0.6 is 0 Å². The van der Waals surface area contributed by atoms with E-state index >= 15 is 0 Å². The van der Waals surface area contributed by atoms with Crippen molar-refractivity contribution in [2.75, 3.05) is 10.5 Å². The summed E-state index contributed by atoms with van der Waals surface area (Å²) in [5.74, 6) is 0. The second-order valence-corrected chi connectivity index (χ2v) is 5.55. The Balaban J connectivity index is 2.28. The minimum absolute atomic E-state index is 0.0943. The number of nitrogens with one attached hydrogen (secondary N) is 1. The van der Waals surface area contributed by atoms with Crippen LogP contribution in [-0.4, -0.2) is 8.42 Å². The van der Waals surface area contributed by atoms with Crippen molar-refractivity contribution in [3.8, 4) is 6.07 Å². The Morgan fingerprint density at radius 1 is 1.11 bits per heavy atom. The molecule has 0 radical (unpaired) electrons. The SMILES string of the molecule is N#Cc1ccc(NS(=O)(=O)c2cccc(N)c2)cc1. The van der Waals surface area contributed by atoms with Crippen LogP contribution in [0.3, 0.4) is 0 Å². The van der Waals surface area contributed by atoms with Gasteiger partial charge in [-0.15, -0.1) is 0 Å². The van der Waals surface area contributed by atoms with Crippen LogP contribution in [0.4, 0.5) is 11.4 Å². The third kappa shape index (κ3) is 3.03. The Labute approximate surface area is 111 Å². The number of hydrogen-bond donors (Lipinski definition) is 2. The van der Waals surface area contributed by atoms with E-state index in [1.54, 1.807) is 12.1 Å². The first kappa shape index (κ1) is 12.9. The Morgan fingerprint density at radius 2 is 1.79 bits per heavy atom. The van der Waals surface area contributed by atoms with Crippen LogP contribution in [0.15, 0.2) is 53.4 Å². The number of rotatable bonds is 3. The van der Waals surface area contributed by atoms with Crippen LogP contribution in [0, 0.1) is 11.3 Å². The summed E-state index contributed by atoms with van der Waals surface area (Å²) in [7, 11) is -3.67. The standard InChI is InChI=1S/C13H11N3O2S/c14-9-10-4-6-12(7-5-10)16-19(17,18)13-3-1-2-11(15)8-13/h1-8,16H,15H2. The van der Waals surface area contributed by atoms with Crippen molar-refractivity contribution in [3.63, 3.8) is 0 Å². The zero-order chi connectivity index (χ0) is 13.9. The van der Waals surface area contributed by atoms with Gasteiger partial charge in [0.15, 0.2) is 0 Å². The van der Waals surface area contributed by atoms with E-state index in [4.69, 9.17) is 11.0 Å².